The molecule has 6 heteroatoms. The van der Waals surface area contributed by atoms with Crippen LogP contribution in [0.15, 0.2) is 36.9 Å². The number of non-ortho nitro benzene ring substituents is 1. The largest absolute Gasteiger partial charge is 0.316 e. The first-order valence-corrected chi connectivity index (χ1v) is 7.30. The Balaban J connectivity index is 0.00000242. The average Bonchev–Trinajstić information content (AvgIpc) is 2.85. The van der Waals surface area contributed by atoms with E-state index in [9.17, 15) is 10.1 Å². The molecule has 1 N–H and O–H groups in total. The molecule has 1 unspecified atom stereocenters. The van der Waals surface area contributed by atoms with Crippen molar-refractivity contribution in [2.24, 2.45) is 5.41 Å². The van der Waals surface area contributed by atoms with Crippen LogP contribution in [0.3, 0.4) is 0 Å². The molecule has 0 bridgehead atoms. The third-order valence-corrected chi connectivity index (χ3v) is 3.98. The van der Waals surface area contributed by atoms with Gasteiger partial charge in [0.15, 0.2) is 0 Å². The molecule has 22 heavy (non-hydrogen) atoms. The molecule has 1 heterocycles. The molecule has 0 amide bonds. The topological polar surface area (TPSA) is 58.4 Å². The highest BCUT2D eigenvalue weighted by atomic mass is 35.5. The van der Waals surface area contributed by atoms with Gasteiger partial charge in [0.2, 0.25) is 0 Å². The summed E-state index contributed by atoms with van der Waals surface area (Å²) in [5.74, 6) is 0. The molecule has 0 spiro atoms. The van der Waals surface area contributed by atoms with Crippen molar-refractivity contribution in [2.75, 3.05) is 26.2 Å². The Hall–Kier alpha value is -1.43. The molecular formula is C16H24ClN3O2. The number of rotatable bonds is 7. The smallest absolute Gasteiger partial charge is 0.269 e. The van der Waals surface area contributed by atoms with Crippen molar-refractivity contribution in [2.45, 2.75) is 19.9 Å². The van der Waals surface area contributed by atoms with Crippen molar-refractivity contribution in [3.63, 3.8) is 0 Å². The van der Waals surface area contributed by atoms with Crippen LogP contribution in [0.1, 0.15) is 18.9 Å². The van der Waals surface area contributed by atoms with Gasteiger partial charge in [0.05, 0.1) is 4.92 Å². The molecule has 0 radical (unpaired) electrons. The van der Waals surface area contributed by atoms with Crippen LogP contribution >= 0.6 is 12.4 Å². The predicted molar refractivity (Wildman–Crippen MR) is 91.4 cm³/mol. The Morgan fingerprint density at radius 1 is 1.55 bits per heavy atom. The summed E-state index contributed by atoms with van der Waals surface area (Å²) >= 11 is 0. The summed E-state index contributed by atoms with van der Waals surface area (Å²) in [7, 11) is 0. The van der Waals surface area contributed by atoms with Gasteiger partial charge in [-0.25, -0.2) is 0 Å². The molecule has 122 valence electrons. The lowest BCUT2D eigenvalue weighted by Gasteiger charge is -2.31. The zero-order valence-electron chi connectivity index (χ0n) is 13.0. The summed E-state index contributed by atoms with van der Waals surface area (Å²) in [5, 5.41) is 14.3. The number of nitro groups is 1. The fourth-order valence-corrected chi connectivity index (χ4v) is 2.94. The van der Waals surface area contributed by atoms with Gasteiger partial charge in [0.1, 0.15) is 0 Å². The summed E-state index contributed by atoms with van der Waals surface area (Å²) in [6, 6.07) is 6.88. The Labute approximate surface area is 138 Å². The van der Waals surface area contributed by atoms with Crippen molar-refractivity contribution >= 4 is 18.1 Å². The van der Waals surface area contributed by atoms with Crippen molar-refractivity contribution in [1.82, 2.24) is 10.2 Å². The molecule has 1 fully saturated rings. The fraction of sp³-hybridized carbons (Fsp3) is 0.500. The normalized spacial score (nSPS) is 20.6. The van der Waals surface area contributed by atoms with Crippen LogP contribution in [-0.2, 0) is 6.54 Å². The third kappa shape index (κ3) is 5.09. The number of hydrogen-bond donors (Lipinski definition) is 1. The van der Waals surface area contributed by atoms with Gasteiger partial charge in [-0.05, 0) is 23.9 Å². The quantitative estimate of drug-likeness (QED) is 0.475. The van der Waals surface area contributed by atoms with Crippen LogP contribution in [0.25, 0.3) is 0 Å². The van der Waals surface area contributed by atoms with E-state index in [0.717, 1.165) is 38.2 Å². The van der Waals surface area contributed by atoms with E-state index >= 15 is 0 Å². The van der Waals surface area contributed by atoms with Crippen LogP contribution in [-0.4, -0.2) is 36.0 Å². The molecule has 1 atom stereocenters. The number of nitrogens with one attached hydrogen (secondary N) is 1. The minimum Gasteiger partial charge on any atom is -0.316 e. The highest BCUT2D eigenvalue weighted by Gasteiger charge is 2.30. The second-order valence-corrected chi connectivity index (χ2v) is 6.12. The SMILES string of the molecule is C=CCN(Cc1cccc([N+](=O)[O-])c1)CC1(C)CCNC1.Cl. The lowest BCUT2D eigenvalue weighted by molar-refractivity contribution is -0.384. The van der Waals surface area contributed by atoms with Crippen LogP contribution < -0.4 is 5.32 Å². The number of nitrogens with zero attached hydrogens (tertiary/aromatic N) is 2. The van der Waals surface area contributed by atoms with E-state index in [1.165, 1.54) is 6.07 Å². The molecule has 5 nitrogen and oxygen atoms in total. The van der Waals surface area contributed by atoms with Crippen molar-refractivity contribution in [3.8, 4) is 0 Å². The minimum atomic E-state index is -0.344. The van der Waals surface area contributed by atoms with E-state index in [0.29, 0.717) is 6.54 Å². The zero-order valence-corrected chi connectivity index (χ0v) is 13.8. The molecule has 1 aliphatic rings. The van der Waals surface area contributed by atoms with E-state index in [1.54, 1.807) is 12.1 Å². The third-order valence-electron chi connectivity index (χ3n) is 3.98. The van der Waals surface area contributed by atoms with Gasteiger partial charge < -0.3 is 5.32 Å². The van der Waals surface area contributed by atoms with Gasteiger partial charge in [0, 0.05) is 38.3 Å². The van der Waals surface area contributed by atoms with E-state index in [4.69, 9.17) is 0 Å². The van der Waals surface area contributed by atoms with Gasteiger partial charge in [-0.15, -0.1) is 19.0 Å². The summed E-state index contributed by atoms with van der Waals surface area (Å²) in [6.07, 6.45) is 3.05. The van der Waals surface area contributed by atoms with Crippen molar-refractivity contribution in [1.29, 1.82) is 0 Å². The maximum atomic E-state index is 10.9. The van der Waals surface area contributed by atoms with E-state index in [1.807, 2.05) is 12.1 Å². The van der Waals surface area contributed by atoms with E-state index in [2.05, 4.69) is 23.7 Å². The predicted octanol–water partition coefficient (Wildman–Crippen LogP) is 3.00. The van der Waals surface area contributed by atoms with Crippen molar-refractivity contribution in [3.05, 3.63) is 52.6 Å². The highest BCUT2D eigenvalue weighted by molar-refractivity contribution is 5.85. The number of nitro benzene ring substituents is 1. The van der Waals surface area contributed by atoms with Crippen LogP contribution in [0.5, 0.6) is 0 Å². The molecule has 1 aromatic rings. The first-order chi connectivity index (χ1) is 10.0. The lowest BCUT2D eigenvalue weighted by atomic mass is 9.89. The summed E-state index contributed by atoms with van der Waals surface area (Å²) in [4.78, 5) is 12.8. The van der Waals surface area contributed by atoms with Crippen molar-refractivity contribution < 1.29 is 4.92 Å². The monoisotopic (exact) mass is 325 g/mol. The maximum absolute atomic E-state index is 10.9. The second-order valence-electron chi connectivity index (χ2n) is 6.12. The molecule has 1 saturated heterocycles. The zero-order chi connectivity index (χ0) is 15.3. The van der Waals surface area contributed by atoms with Gasteiger partial charge in [-0.2, -0.15) is 0 Å². The van der Waals surface area contributed by atoms with E-state index in [-0.39, 0.29) is 28.4 Å². The standard InChI is InChI=1S/C16H23N3O2.ClH/c1-3-9-18(13-16(2)7-8-17-12-16)11-14-5-4-6-15(10-14)19(20)21;/h3-6,10,17H,1,7-9,11-13H2,2H3;1H. The van der Waals surface area contributed by atoms with Crippen LogP contribution in [0.2, 0.25) is 0 Å². The van der Waals surface area contributed by atoms with Gasteiger partial charge in [-0.3, -0.25) is 15.0 Å². The first kappa shape index (κ1) is 18.6. The average molecular weight is 326 g/mol. The minimum absolute atomic E-state index is 0. The fourth-order valence-electron chi connectivity index (χ4n) is 2.94. The Bertz CT molecular complexity index is 516. The molecule has 2 rings (SSSR count). The molecule has 0 aromatic heterocycles. The first-order valence-electron chi connectivity index (χ1n) is 7.30. The number of halogens is 1. The highest BCUT2D eigenvalue weighted by Crippen LogP contribution is 2.26. The maximum Gasteiger partial charge on any atom is 0.269 e. The summed E-state index contributed by atoms with van der Waals surface area (Å²) in [6.45, 7) is 10.7. The van der Waals surface area contributed by atoms with Gasteiger partial charge in [0.25, 0.3) is 5.69 Å². The van der Waals surface area contributed by atoms with Crippen LogP contribution in [0.4, 0.5) is 5.69 Å². The molecule has 0 saturated carbocycles. The molecular weight excluding hydrogens is 302 g/mol. The Kier molecular flexibility index (Phi) is 7.00. The Morgan fingerprint density at radius 2 is 2.32 bits per heavy atom. The number of benzene rings is 1. The summed E-state index contributed by atoms with van der Waals surface area (Å²) in [5.41, 5.74) is 1.39. The Morgan fingerprint density at radius 3 is 2.91 bits per heavy atom. The van der Waals surface area contributed by atoms with Gasteiger partial charge >= 0.3 is 0 Å². The van der Waals surface area contributed by atoms with Crippen LogP contribution in [0, 0.1) is 15.5 Å². The number of hydrogen-bond acceptors (Lipinski definition) is 4. The van der Waals surface area contributed by atoms with E-state index < -0.39 is 0 Å². The lowest BCUT2D eigenvalue weighted by Crippen LogP contribution is -2.37. The van der Waals surface area contributed by atoms with Gasteiger partial charge in [-0.1, -0.05) is 25.1 Å². The molecule has 0 aliphatic carbocycles. The molecule has 1 aliphatic heterocycles. The molecule has 1 aromatic carbocycles. The summed E-state index contributed by atoms with van der Waals surface area (Å²) < 4.78 is 0. The second kappa shape index (κ2) is 8.27.